The minimum Gasteiger partial charge on any atom is -0.229 e. The lowest BCUT2D eigenvalue weighted by Gasteiger charge is -2.34. The Kier molecular flexibility index (Phi) is 5.16. The number of hydrogen-bond donors (Lipinski definition) is 1. The summed E-state index contributed by atoms with van der Waals surface area (Å²) in [6.45, 7) is 1.37. The van der Waals surface area contributed by atoms with E-state index in [1.54, 1.807) is 0 Å². The smallest absolute Gasteiger partial charge is 0.229 e. The number of nitrogens with one attached hydrogen (secondary N) is 1. The van der Waals surface area contributed by atoms with Crippen molar-refractivity contribution in [3.8, 4) is 0 Å². The first-order chi connectivity index (χ1) is 13.1. The molecule has 3 nitrogen and oxygen atoms in total. The van der Waals surface area contributed by atoms with E-state index in [0.717, 1.165) is 12.1 Å². The monoisotopic (exact) mass is 415 g/mol. The fourth-order valence-electron chi connectivity index (χ4n) is 2.81. The van der Waals surface area contributed by atoms with Gasteiger partial charge in [0.25, 0.3) is 0 Å². The Morgan fingerprint density at radius 1 is 1.00 bits per heavy atom. The zero-order valence-electron chi connectivity index (χ0n) is 14.4. The molecule has 0 aliphatic heterocycles. The van der Waals surface area contributed by atoms with E-state index in [0.29, 0.717) is 6.07 Å². The van der Waals surface area contributed by atoms with Crippen LogP contribution in [0.2, 0.25) is 0 Å². The summed E-state index contributed by atoms with van der Waals surface area (Å²) < 4.78 is 98.6. The third-order valence-corrected chi connectivity index (χ3v) is 5.85. The summed E-state index contributed by atoms with van der Waals surface area (Å²) in [5.74, 6) is -6.98. The van der Waals surface area contributed by atoms with Gasteiger partial charge in [0.2, 0.25) is 15.7 Å². The Morgan fingerprint density at radius 2 is 1.64 bits per heavy atom. The number of sulfonamides is 1. The van der Waals surface area contributed by atoms with Crippen molar-refractivity contribution in [1.82, 2.24) is 4.72 Å². The van der Waals surface area contributed by atoms with Gasteiger partial charge in [-0.1, -0.05) is 30.3 Å². The normalized spacial score (nSPS) is 22.9. The van der Waals surface area contributed by atoms with Gasteiger partial charge in [0.05, 0.1) is 10.9 Å². The first-order valence-electron chi connectivity index (χ1n) is 8.03. The number of halogens is 5. The molecule has 9 heteroatoms. The summed E-state index contributed by atoms with van der Waals surface area (Å²) in [6.07, 6.45) is 0.274. The first kappa shape index (κ1) is 20.2. The minimum absolute atomic E-state index is 0.108. The van der Waals surface area contributed by atoms with Gasteiger partial charge in [0.15, 0.2) is 17.5 Å². The van der Waals surface area contributed by atoms with Gasteiger partial charge in [-0.25, -0.2) is 35.1 Å². The van der Waals surface area contributed by atoms with Gasteiger partial charge in [0.1, 0.15) is 5.82 Å². The molecule has 0 radical (unpaired) electrons. The average molecular weight is 415 g/mol. The van der Waals surface area contributed by atoms with Gasteiger partial charge in [-0.2, -0.15) is 0 Å². The van der Waals surface area contributed by atoms with Gasteiger partial charge >= 0.3 is 0 Å². The third-order valence-electron chi connectivity index (χ3n) is 4.39. The molecule has 28 heavy (non-hydrogen) atoms. The van der Waals surface area contributed by atoms with E-state index in [1.807, 2.05) is 4.72 Å². The van der Waals surface area contributed by atoms with E-state index in [2.05, 4.69) is 0 Å². The second-order valence-electron chi connectivity index (χ2n) is 6.23. The third kappa shape index (κ3) is 3.35. The zero-order valence-corrected chi connectivity index (χ0v) is 15.2. The molecule has 1 aliphatic carbocycles. The van der Waals surface area contributed by atoms with Crippen molar-refractivity contribution in [2.75, 3.05) is 0 Å². The quantitative estimate of drug-likeness (QED) is 0.739. The summed E-state index contributed by atoms with van der Waals surface area (Å²) in [7, 11) is -4.43. The Balaban J connectivity index is 2.13. The van der Waals surface area contributed by atoms with Crippen LogP contribution in [-0.4, -0.2) is 14.5 Å². The molecule has 0 saturated carbocycles. The van der Waals surface area contributed by atoms with Crippen LogP contribution in [0.4, 0.5) is 22.0 Å². The number of hydrogen-bond acceptors (Lipinski definition) is 2. The van der Waals surface area contributed by atoms with Crippen molar-refractivity contribution < 1.29 is 30.4 Å². The van der Waals surface area contributed by atoms with Crippen LogP contribution in [0.1, 0.15) is 11.1 Å². The van der Waals surface area contributed by atoms with E-state index in [4.69, 9.17) is 0 Å². The SMILES string of the molecule is Cc1ccc(C2(F)C(F)=C(F)C(F)=CC2NS(=O)(=O)c2ccccc2)cc1F. The van der Waals surface area contributed by atoms with Crippen molar-refractivity contribution in [2.45, 2.75) is 23.5 Å². The maximum Gasteiger partial charge on any atom is 0.241 e. The van der Waals surface area contributed by atoms with Gasteiger partial charge in [-0.05, 0) is 36.8 Å². The molecule has 3 rings (SSSR count). The molecule has 148 valence electrons. The standard InChI is InChI=1S/C19H14F5NO2S/c1-11-7-8-12(9-14(11)20)19(24)16(10-15(21)17(22)18(19)23)25-28(26,27)13-5-3-2-4-6-13/h2-10,16,25H,1H3. The maximum atomic E-state index is 15.8. The van der Waals surface area contributed by atoms with E-state index in [9.17, 15) is 26.0 Å². The molecule has 1 aliphatic rings. The van der Waals surface area contributed by atoms with Gasteiger partial charge in [-0.15, -0.1) is 0 Å². The lowest BCUT2D eigenvalue weighted by Crippen LogP contribution is -2.49. The second-order valence-corrected chi connectivity index (χ2v) is 7.94. The lowest BCUT2D eigenvalue weighted by atomic mass is 9.83. The number of alkyl halides is 1. The molecule has 0 fully saturated rings. The molecule has 0 spiro atoms. The molecule has 2 unspecified atom stereocenters. The number of aryl methyl sites for hydroxylation is 1. The summed E-state index contributed by atoms with van der Waals surface area (Å²) in [5.41, 5.74) is -4.08. The lowest BCUT2D eigenvalue weighted by molar-refractivity contribution is 0.134. The van der Waals surface area contributed by atoms with E-state index >= 15 is 4.39 Å². The molecular formula is C19H14F5NO2S. The Morgan fingerprint density at radius 3 is 2.25 bits per heavy atom. The van der Waals surface area contributed by atoms with Crippen molar-refractivity contribution in [3.63, 3.8) is 0 Å². The topological polar surface area (TPSA) is 46.2 Å². The summed E-state index contributed by atoms with van der Waals surface area (Å²) in [5, 5.41) is 0. The highest BCUT2D eigenvalue weighted by atomic mass is 32.2. The van der Waals surface area contributed by atoms with Crippen molar-refractivity contribution in [3.05, 3.63) is 89.0 Å². The second kappa shape index (κ2) is 7.14. The van der Waals surface area contributed by atoms with Crippen molar-refractivity contribution in [2.24, 2.45) is 0 Å². The predicted octanol–water partition coefficient (Wildman–Crippen LogP) is 4.66. The van der Waals surface area contributed by atoms with E-state index in [-0.39, 0.29) is 16.5 Å². The number of benzene rings is 2. The maximum absolute atomic E-state index is 15.8. The first-order valence-corrected chi connectivity index (χ1v) is 9.52. The summed E-state index contributed by atoms with van der Waals surface area (Å²) in [4.78, 5) is -0.295. The molecule has 2 aromatic carbocycles. The Labute approximate surface area is 158 Å². The fourth-order valence-corrected chi connectivity index (χ4v) is 4.03. The highest BCUT2D eigenvalue weighted by molar-refractivity contribution is 7.89. The average Bonchev–Trinajstić information content (AvgIpc) is 2.67. The van der Waals surface area contributed by atoms with Crippen molar-refractivity contribution in [1.29, 1.82) is 0 Å². The van der Waals surface area contributed by atoms with Crippen LogP contribution >= 0.6 is 0 Å². The Bertz CT molecular complexity index is 1080. The number of rotatable bonds is 4. The van der Waals surface area contributed by atoms with Crippen LogP contribution in [0.15, 0.2) is 77.0 Å². The van der Waals surface area contributed by atoms with E-state index in [1.165, 1.54) is 37.3 Å². The molecular weight excluding hydrogens is 401 g/mol. The van der Waals surface area contributed by atoms with Gasteiger partial charge in [0, 0.05) is 5.56 Å². The van der Waals surface area contributed by atoms with Gasteiger partial charge in [-0.3, -0.25) is 0 Å². The Hall–Kier alpha value is -2.52. The van der Waals surface area contributed by atoms with Crippen LogP contribution in [0.5, 0.6) is 0 Å². The van der Waals surface area contributed by atoms with Gasteiger partial charge < -0.3 is 0 Å². The molecule has 2 aromatic rings. The van der Waals surface area contributed by atoms with Crippen molar-refractivity contribution >= 4 is 10.0 Å². The molecule has 0 bridgehead atoms. The van der Waals surface area contributed by atoms with Crippen LogP contribution in [0.3, 0.4) is 0 Å². The van der Waals surface area contributed by atoms with Crippen LogP contribution in [-0.2, 0) is 15.7 Å². The van der Waals surface area contributed by atoms with Crippen LogP contribution in [0, 0.1) is 12.7 Å². The predicted molar refractivity (Wildman–Crippen MR) is 92.9 cm³/mol. The zero-order chi connectivity index (χ0) is 20.7. The molecule has 0 amide bonds. The fraction of sp³-hybridized carbons (Fsp3) is 0.158. The highest BCUT2D eigenvalue weighted by Crippen LogP contribution is 2.46. The molecule has 2 atom stereocenters. The van der Waals surface area contributed by atoms with Crippen LogP contribution in [0.25, 0.3) is 0 Å². The molecule has 0 heterocycles. The highest BCUT2D eigenvalue weighted by Gasteiger charge is 2.51. The number of allylic oxidation sites excluding steroid dienone is 2. The largest absolute Gasteiger partial charge is 0.241 e. The molecule has 1 N–H and O–H groups in total. The van der Waals surface area contributed by atoms with E-state index < -0.39 is 50.6 Å². The summed E-state index contributed by atoms with van der Waals surface area (Å²) in [6, 6.07) is 7.20. The van der Waals surface area contributed by atoms with Crippen LogP contribution < -0.4 is 4.72 Å². The molecule has 0 aromatic heterocycles. The molecule has 0 saturated heterocycles. The summed E-state index contributed by atoms with van der Waals surface area (Å²) >= 11 is 0. The minimum atomic E-state index is -4.43.